The van der Waals surface area contributed by atoms with E-state index >= 15 is 0 Å². The molecule has 0 fully saturated rings. The lowest BCUT2D eigenvalue weighted by atomic mass is 10.1. The maximum absolute atomic E-state index is 12.6. The normalized spacial score (nSPS) is 11.9. The number of halogens is 3. The molecular weight excluding hydrogens is 257 g/mol. The number of nitrogens with one attached hydrogen (secondary N) is 1. The molecule has 0 radical (unpaired) electrons. The number of carbonyl (C=O) groups excluding carboxylic acids is 1. The molecule has 2 rings (SSSR count). The second kappa shape index (κ2) is 4.29. The molecule has 2 aromatic rings. The summed E-state index contributed by atoms with van der Waals surface area (Å²) in [5.41, 5.74) is 0.560. The molecule has 3 nitrogen and oxygen atoms in total. The number of amides is 1. The topological polar surface area (TPSA) is 36.1 Å². The Morgan fingerprint density at radius 2 is 1.89 bits per heavy atom. The van der Waals surface area contributed by atoms with Crippen LogP contribution in [0.25, 0.3) is 10.9 Å². The number of H-pyrrole nitrogens is 1. The standard InChI is InChI=1S/C13H13F3N2O/c1-7-11(12(19)18(2)3)9-5-4-8(13(14,15)16)6-10(9)17-7/h4-6,17H,1-3H3. The lowest BCUT2D eigenvalue weighted by Gasteiger charge is -2.10. The van der Waals surface area contributed by atoms with Gasteiger partial charge in [0.15, 0.2) is 0 Å². The summed E-state index contributed by atoms with van der Waals surface area (Å²) in [5.74, 6) is -0.233. The Morgan fingerprint density at radius 3 is 2.42 bits per heavy atom. The molecule has 0 saturated carbocycles. The van der Waals surface area contributed by atoms with E-state index in [1.54, 1.807) is 21.0 Å². The van der Waals surface area contributed by atoms with Gasteiger partial charge in [-0.05, 0) is 19.1 Å². The van der Waals surface area contributed by atoms with Crippen molar-refractivity contribution in [3.63, 3.8) is 0 Å². The predicted octanol–water partition coefficient (Wildman–Crippen LogP) is 3.20. The van der Waals surface area contributed by atoms with Crippen molar-refractivity contribution in [2.45, 2.75) is 13.1 Å². The Kier molecular flexibility index (Phi) is 3.04. The number of carbonyl (C=O) groups is 1. The summed E-state index contributed by atoms with van der Waals surface area (Å²) in [6.45, 7) is 1.67. The molecule has 0 spiro atoms. The summed E-state index contributed by atoms with van der Waals surface area (Å²) in [4.78, 5) is 16.2. The molecule has 6 heteroatoms. The van der Waals surface area contributed by atoms with E-state index in [4.69, 9.17) is 0 Å². The van der Waals surface area contributed by atoms with Gasteiger partial charge in [-0.1, -0.05) is 6.07 Å². The molecule has 0 aliphatic heterocycles. The van der Waals surface area contributed by atoms with Crippen molar-refractivity contribution < 1.29 is 18.0 Å². The Hall–Kier alpha value is -1.98. The van der Waals surface area contributed by atoms with E-state index in [1.807, 2.05) is 0 Å². The molecule has 0 atom stereocenters. The number of nitrogens with zero attached hydrogens (tertiary/aromatic N) is 1. The van der Waals surface area contributed by atoms with Crippen LogP contribution in [0.15, 0.2) is 18.2 Å². The first-order valence-electron chi connectivity index (χ1n) is 5.63. The van der Waals surface area contributed by atoms with Crippen molar-refractivity contribution in [3.05, 3.63) is 35.0 Å². The van der Waals surface area contributed by atoms with Gasteiger partial charge in [-0.2, -0.15) is 13.2 Å². The molecule has 1 aromatic carbocycles. The highest BCUT2D eigenvalue weighted by molar-refractivity contribution is 6.08. The van der Waals surface area contributed by atoms with Crippen molar-refractivity contribution in [2.75, 3.05) is 14.1 Å². The van der Waals surface area contributed by atoms with E-state index in [-0.39, 0.29) is 5.91 Å². The fourth-order valence-electron chi connectivity index (χ4n) is 2.01. The molecule has 0 saturated heterocycles. The number of aromatic nitrogens is 1. The molecule has 0 unspecified atom stereocenters. The van der Waals surface area contributed by atoms with Gasteiger partial charge in [0.1, 0.15) is 0 Å². The van der Waals surface area contributed by atoms with Gasteiger partial charge in [0.2, 0.25) is 0 Å². The third kappa shape index (κ3) is 2.30. The second-order valence-corrected chi connectivity index (χ2v) is 4.58. The maximum Gasteiger partial charge on any atom is 0.416 e. The lowest BCUT2D eigenvalue weighted by molar-refractivity contribution is -0.137. The Labute approximate surface area is 108 Å². The second-order valence-electron chi connectivity index (χ2n) is 4.58. The molecule has 102 valence electrons. The first-order valence-corrected chi connectivity index (χ1v) is 5.63. The average molecular weight is 270 g/mol. The van der Waals surface area contributed by atoms with Gasteiger partial charge in [0.05, 0.1) is 11.1 Å². The molecule has 1 N–H and O–H groups in total. The highest BCUT2D eigenvalue weighted by atomic mass is 19.4. The summed E-state index contributed by atoms with van der Waals surface area (Å²) in [6.07, 6.45) is -4.39. The molecule has 1 amide bonds. The van der Waals surface area contributed by atoms with Gasteiger partial charge < -0.3 is 9.88 Å². The van der Waals surface area contributed by atoms with E-state index < -0.39 is 11.7 Å². The number of hydrogen-bond donors (Lipinski definition) is 1. The number of aromatic amines is 1. The van der Waals surface area contributed by atoms with Crippen molar-refractivity contribution >= 4 is 16.8 Å². The Morgan fingerprint density at radius 1 is 1.26 bits per heavy atom. The first-order chi connectivity index (χ1) is 8.71. The number of hydrogen-bond acceptors (Lipinski definition) is 1. The van der Waals surface area contributed by atoms with E-state index in [0.29, 0.717) is 22.2 Å². The molecule has 0 bridgehead atoms. The fraction of sp³-hybridized carbons (Fsp3) is 0.308. The van der Waals surface area contributed by atoms with Gasteiger partial charge >= 0.3 is 6.18 Å². The first kappa shape index (κ1) is 13.5. The molecule has 0 aliphatic carbocycles. The quantitative estimate of drug-likeness (QED) is 0.848. The predicted molar refractivity (Wildman–Crippen MR) is 66.1 cm³/mol. The van der Waals surface area contributed by atoms with Gasteiger partial charge in [-0.25, -0.2) is 0 Å². The lowest BCUT2D eigenvalue weighted by Crippen LogP contribution is -2.22. The van der Waals surface area contributed by atoms with Crippen molar-refractivity contribution in [3.8, 4) is 0 Å². The average Bonchev–Trinajstić information content (AvgIpc) is 2.61. The van der Waals surface area contributed by atoms with Crippen LogP contribution in [0, 0.1) is 6.92 Å². The molecule has 0 aliphatic rings. The van der Waals surface area contributed by atoms with E-state index in [0.717, 1.165) is 12.1 Å². The van der Waals surface area contributed by atoms with E-state index in [2.05, 4.69) is 4.98 Å². The van der Waals surface area contributed by atoms with Crippen molar-refractivity contribution in [1.82, 2.24) is 9.88 Å². The van der Waals surface area contributed by atoms with Crippen LogP contribution in [-0.4, -0.2) is 29.9 Å². The zero-order chi connectivity index (χ0) is 14.4. The summed E-state index contributed by atoms with van der Waals surface area (Å²) in [6, 6.07) is 3.34. The van der Waals surface area contributed by atoms with E-state index in [9.17, 15) is 18.0 Å². The monoisotopic (exact) mass is 270 g/mol. The van der Waals surface area contributed by atoms with Crippen LogP contribution < -0.4 is 0 Å². The van der Waals surface area contributed by atoms with Gasteiger partial charge in [0.25, 0.3) is 5.91 Å². The van der Waals surface area contributed by atoms with Crippen LogP contribution in [0.1, 0.15) is 21.6 Å². The zero-order valence-corrected chi connectivity index (χ0v) is 10.7. The van der Waals surface area contributed by atoms with Crippen LogP contribution in [0.2, 0.25) is 0 Å². The Balaban J connectivity index is 2.64. The summed E-state index contributed by atoms with van der Waals surface area (Å²) in [5, 5.41) is 0.504. The third-order valence-electron chi connectivity index (χ3n) is 2.93. The molecular formula is C13H13F3N2O. The number of benzene rings is 1. The summed E-state index contributed by atoms with van der Waals surface area (Å²) >= 11 is 0. The minimum atomic E-state index is -4.39. The Bertz CT molecular complexity index is 641. The highest BCUT2D eigenvalue weighted by Gasteiger charge is 2.31. The SMILES string of the molecule is Cc1[nH]c2cc(C(F)(F)F)ccc2c1C(=O)N(C)C. The van der Waals surface area contributed by atoms with Gasteiger partial charge in [-0.15, -0.1) is 0 Å². The van der Waals surface area contributed by atoms with Crippen LogP contribution in [0.5, 0.6) is 0 Å². The number of alkyl halides is 3. The van der Waals surface area contributed by atoms with E-state index in [1.165, 1.54) is 11.0 Å². The molecule has 1 heterocycles. The minimum Gasteiger partial charge on any atom is -0.358 e. The van der Waals surface area contributed by atoms with Gasteiger partial charge in [-0.3, -0.25) is 4.79 Å². The van der Waals surface area contributed by atoms with Crippen LogP contribution in [-0.2, 0) is 6.18 Å². The zero-order valence-electron chi connectivity index (χ0n) is 10.7. The number of fused-ring (bicyclic) bond motifs is 1. The molecule has 1 aromatic heterocycles. The third-order valence-corrected chi connectivity index (χ3v) is 2.93. The number of aryl methyl sites for hydroxylation is 1. The fourth-order valence-corrected chi connectivity index (χ4v) is 2.01. The van der Waals surface area contributed by atoms with Gasteiger partial charge in [0, 0.05) is 30.7 Å². The highest BCUT2D eigenvalue weighted by Crippen LogP contribution is 2.33. The van der Waals surface area contributed by atoms with Crippen molar-refractivity contribution in [2.24, 2.45) is 0 Å². The molecule has 19 heavy (non-hydrogen) atoms. The minimum absolute atomic E-state index is 0.233. The smallest absolute Gasteiger partial charge is 0.358 e. The van der Waals surface area contributed by atoms with Crippen LogP contribution in [0.4, 0.5) is 13.2 Å². The largest absolute Gasteiger partial charge is 0.416 e. The summed E-state index contributed by atoms with van der Waals surface area (Å²) in [7, 11) is 3.20. The van der Waals surface area contributed by atoms with Crippen LogP contribution in [0.3, 0.4) is 0 Å². The summed E-state index contributed by atoms with van der Waals surface area (Å²) < 4.78 is 37.9. The van der Waals surface area contributed by atoms with Crippen LogP contribution >= 0.6 is 0 Å². The van der Waals surface area contributed by atoms with Crippen molar-refractivity contribution in [1.29, 1.82) is 0 Å². The number of rotatable bonds is 1. The maximum atomic E-state index is 12.6.